The third-order valence-corrected chi connectivity index (χ3v) is 2.35. The van der Waals surface area contributed by atoms with E-state index in [2.05, 4.69) is 0 Å². The SMILES string of the molecule is O=C(O)Cc1c(C(=O)O)cn2ccccc12. The van der Waals surface area contributed by atoms with Crippen LogP contribution in [0, 0.1) is 0 Å². The number of rotatable bonds is 3. The van der Waals surface area contributed by atoms with Crippen LogP contribution in [0.5, 0.6) is 0 Å². The van der Waals surface area contributed by atoms with Crippen LogP contribution in [0.3, 0.4) is 0 Å². The molecule has 0 amide bonds. The minimum Gasteiger partial charge on any atom is -0.481 e. The molecule has 0 aliphatic heterocycles. The highest BCUT2D eigenvalue weighted by molar-refractivity contribution is 5.94. The molecule has 2 N–H and O–H groups in total. The number of aliphatic carboxylic acids is 1. The second kappa shape index (κ2) is 3.69. The summed E-state index contributed by atoms with van der Waals surface area (Å²) < 4.78 is 1.61. The molecular formula is C11H9NO4. The average Bonchev–Trinajstić information content (AvgIpc) is 2.57. The Hall–Kier alpha value is -2.30. The molecule has 2 aromatic rings. The zero-order valence-electron chi connectivity index (χ0n) is 8.25. The van der Waals surface area contributed by atoms with Crippen LogP contribution in [0.4, 0.5) is 0 Å². The van der Waals surface area contributed by atoms with Crippen molar-refractivity contribution in [3.8, 4) is 0 Å². The molecule has 0 aromatic carbocycles. The Kier molecular flexibility index (Phi) is 2.36. The van der Waals surface area contributed by atoms with Gasteiger partial charge in [0.15, 0.2) is 0 Å². The fourth-order valence-electron chi connectivity index (χ4n) is 1.70. The Balaban J connectivity index is 2.69. The molecule has 0 unspecified atom stereocenters. The van der Waals surface area contributed by atoms with E-state index in [1.807, 2.05) is 0 Å². The van der Waals surface area contributed by atoms with Gasteiger partial charge >= 0.3 is 11.9 Å². The van der Waals surface area contributed by atoms with Crippen molar-refractivity contribution in [2.75, 3.05) is 0 Å². The maximum Gasteiger partial charge on any atom is 0.337 e. The van der Waals surface area contributed by atoms with Gasteiger partial charge in [-0.25, -0.2) is 4.79 Å². The van der Waals surface area contributed by atoms with Crippen molar-refractivity contribution in [2.24, 2.45) is 0 Å². The predicted molar refractivity (Wildman–Crippen MR) is 55.7 cm³/mol. The van der Waals surface area contributed by atoms with Crippen molar-refractivity contribution in [1.82, 2.24) is 4.40 Å². The van der Waals surface area contributed by atoms with Crippen LogP contribution in [-0.2, 0) is 11.2 Å². The fraction of sp³-hybridized carbons (Fsp3) is 0.0909. The number of pyridine rings is 1. The number of nitrogens with zero attached hydrogens (tertiary/aromatic N) is 1. The molecule has 0 spiro atoms. The largest absolute Gasteiger partial charge is 0.481 e. The molecule has 2 heterocycles. The van der Waals surface area contributed by atoms with Crippen LogP contribution in [0.15, 0.2) is 30.6 Å². The standard InChI is InChI=1S/C11H9NO4/c13-10(14)5-7-8(11(15)16)6-12-4-2-1-3-9(7)12/h1-4,6H,5H2,(H,13,14)(H,15,16). The summed E-state index contributed by atoms with van der Waals surface area (Å²) in [6.07, 6.45) is 2.82. The van der Waals surface area contributed by atoms with Gasteiger partial charge in [0, 0.05) is 23.5 Å². The lowest BCUT2D eigenvalue weighted by atomic mass is 10.1. The average molecular weight is 219 g/mol. The third-order valence-electron chi connectivity index (χ3n) is 2.35. The van der Waals surface area contributed by atoms with Crippen LogP contribution in [-0.4, -0.2) is 26.6 Å². The molecule has 0 bridgehead atoms. The van der Waals surface area contributed by atoms with Crippen LogP contribution in [0.1, 0.15) is 15.9 Å². The first-order chi connectivity index (χ1) is 7.59. The molecular weight excluding hydrogens is 210 g/mol. The lowest BCUT2D eigenvalue weighted by Gasteiger charge is -1.97. The molecule has 0 radical (unpaired) electrons. The lowest BCUT2D eigenvalue weighted by molar-refractivity contribution is -0.136. The second-order valence-electron chi connectivity index (χ2n) is 3.39. The van der Waals surface area contributed by atoms with Crippen molar-refractivity contribution < 1.29 is 19.8 Å². The van der Waals surface area contributed by atoms with Gasteiger partial charge in [-0.15, -0.1) is 0 Å². The molecule has 16 heavy (non-hydrogen) atoms. The number of aromatic carboxylic acids is 1. The maximum absolute atomic E-state index is 11.0. The number of carboxylic acids is 2. The molecule has 82 valence electrons. The van der Waals surface area contributed by atoms with E-state index in [-0.39, 0.29) is 12.0 Å². The number of carboxylic acid groups (broad SMARTS) is 2. The topological polar surface area (TPSA) is 79.0 Å². The molecule has 0 aliphatic rings. The van der Waals surface area contributed by atoms with E-state index in [1.54, 1.807) is 28.8 Å². The van der Waals surface area contributed by atoms with Gasteiger partial charge in [0.25, 0.3) is 0 Å². The molecule has 2 rings (SSSR count). The molecule has 0 saturated carbocycles. The zero-order valence-corrected chi connectivity index (χ0v) is 8.25. The summed E-state index contributed by atoms with van der Waals surface area (Å²) in [5, 5.41) is 17.7. The summed E-state index contributed by atoms with van der Waals surface area (Å²) in [4.78, 5) is 21.6. The third kappa shape index (κ3) is 1.63. The maximum atomic E-state index is 11.0. The number of hydrogen-bond acceptors (Lipinski definition) is 2. The number of fused-ring (bicyclic) bond motifs is 1. The van der Waals surface area contributed by atoms with Crippen molar-refractivity contribution in [1.29, 1.82) is 0 Å². The first kappa shape index (κ1) is 10.2. The predicted octanol–water partition coefficient (Wildman–Crippen LogP) is 1.26. The van der Waals surface area contributed by atoms with Crippen molar-refractivity contribution in [3.05, 3.63) is 41.7 Å². The minimum atomic E-state index is -1.11. The molecule has 0 fully saturated rings. The van der Waals surface area contributed by atoms with Gasteiger partial charge in [0.2, 0.25) is 0 Å². The normalized spacial score (nSPS) is 10.5. The van der Waals surface area contributed by atoms with Crippen LogP contribution >= 0.6 is 0 Å². The van der Waals surface area contributed by atoms with Gasteiger partial charge in [-0.2, -0.15) is 0 Å². The van der Waals surface area contributed by atoms with Crippen molar-refractivity contribution in [3.63, 3.8) is 0 Å². The van der Waals surface area contributed by atoms with E-state index >= 15 is 0 Å². The van der Waals surface area contributed by atoms with Crippen molar-refractivity contribution >= 4 is 17.5 Å². The monoisotopic (exact) mass is 219 g/mol. The van der Waals surface area contributed by atoms with E-state index in [1.165, 1.54) is 6.20 Å². The number of hydrogen-bond donors (Lipinski definition) is 2. The highest BCUT2D eigenvalue weighted by Crippen LogP contribution is 2.19. The summed E-state index contributed by atoms with van der Waals surface area (Å²) in [5.74, 6) is -2.15. The first-order valence-corrected chi connectivity index (χ1v) is 4.63. The van der Waals surface area contributed by atoms with E-state index in [0.717, 1.165) is 0 Å². The number of carbonyl (C=O) groups is 2. The highest BCUT2D eigenvalue weighted by Gasteiger charge is 2.17. The minimum absolute atomic E-state index is 0.0357. The molecule has 0 atom stereocenters. The Bertz CT molecular complexity index is 570. The van der Waals surface area contributed by atoms with Crippen LogP contribution in [0.2, 0.25) is 0 Å². The number of aromatic nitrogens is 1. The smallest absolute Gasteiger partial charge is 0.337 e. The van der Waals surface area contributed by atoms with Crippen LogP contribution in [0.25, 0.3) is 5.52 Å². The zero-order chi connectivity index (χ0) is 11.7. The fourth-order valence-corrected chi connectivity index (χ4v) is 1.70. The van der Waals surface area contributed by atoms with Gasteiger partial charge in [-0.05, 0) is 12.1 Å². The highest BCUT2D eigenvalue weighted by atomic mass is 16.4. The Labute approximate surface area is 90.6 Å². The summed E-state index contributed by atoms with van der Waals surface area (Å²) >= 11 is 0. The Morgan fingerprint density at radius 2 is 2.00 bits per heavy atom. The summed E-state index contributed by atoms with van der Waals surface area (Å²) in [6.45, 7) is 0. The molecule has 5 nitrogen and oxygen atoms in total. The quantitative estimate of drug-likeness (QED) is 0.814. The summed E-state index contributed by atoms with van der Waals surface area (Å²) in [6, 6.07) is 5.19. The molecule has 0 aliphatic carbocycles. The van der Waals surface area contributed by atoms with Gasteiger partial charge in [0.05, 0.1) is 12.0 Å². The summed E-state index contributed by atoms with van der Waals surface area (Å²) in [7, 11) is 0. The van der Waals surface area contributed by atoms with E-state index in [4.69, 9.17) is 10.2 Å². The molecule has 2 aromatic heterocycles. The van der Waals surface area contributed by atoms with Gasteiger partial charge in [0.1, 0.15) is 0 Å². The van der Waals surface area contributed by atoms with E-state index in [9.17, 15) is 9.59 Å². The Morgan fingerprint density at radius 1 is 1.25 bits per heavy atom. The Morgan fingerprint density at radius 3 is 2.62 bits per heavy atom. The van der Waals surface area contributed by atoms with Gasteiger partial charge in [-0.3, -0.25) is 4.79 Å². The first-order valence-electron chi connectivity index (χ1n) is 4.63. The second-order valence-corrected chi connectivity index (χ2v) is 3.39. The van der Waals surface area contributed by atoms with Gasteiger partial charge in [-0.1, -0.05) is 6.07 Å². The summed E-state index contributed by atoms with van der Waals surface area (Å²) in [5.41, 5.74) is 0.983. The molecule has 0 saturated heterocycles. The molecule has 5 heteroatoms. The van der Waals surface area contributed by atoms with E-state index < -0.39 is 11.9 Å². The van der Waals surface area contributed by atoms with Crippen molar-refractivity contribution in [2.45, 2.75) is 6.42 Å². The van der Waals surface area contributed by atoms with E-state index in [0.29, 0.717) is 11.1 Å². The lowest BCUT2D eigenvalue weighted by Crippen LogP contribution is -2.05. The van der Waals surface area contributed by atoms with Gasteiger partial charge < -0.3 is 14.6 Å². The van der Waals surface area contributed by atoms with Crippen LogP contribution < -0.4 is 0 Å².